The third kappa shape index (κ3) is 3.42. The Balaban J connectivity index is 1.76. The number of fused-ring (bicyclic) bond motifs is 1. The van der Waals surface area contributed by atoms with Crippen molar-refractivity contribution in [2.45, 2.75) is 32.2 Å². The topological polar surface area (TPSA) is 45.2 Å². The quantitative estimate of drug-likeness (QED) is 0.804. The van der Waals surface area contributed by atoms with Crippen LogP contribution in [0.25, 0.3) is 11.4 Å². The largest absolute Gasteiger partial charge is 0.356 e. The van der Waals surface area contributed by atoms with E-state index in [0.29, 0.717) is 0 Å². The molecule has 0 N–H and O–H groups in total. The average molecular weight is 335 g/mol. The fourth-order valence-corrected chi connectivity index (χ4v) is 3.78. The Labute approximate surface area is 149 Å². The molecule has 0 amide bonds. The minimum absolute atomic E-state index is 0.810. The van der Waals surface area contributed by atoms with Gasteiger partial charge >= 0.3 is 0 Å². The van der Waals surface area contributed by atoms with Crippen LogP contribution in [0.15, 0.2) is 37.2 Å². The summed E-state index contributed by atoms with van der Waals surface area (Å²) in [6, 6.07) is 3.99. The van der Waals surface area contributed by atoms with Gasteiger partial charge in [-0.1, -0.05) is 6.08 Å². The van der Waals surface area contributed by atoms with Crippen molar-refractivity contribution < 1.29 is 0 Å². The van der Waals surface area contributed by atoms with E-state index in [-0.39, 0.29) is 0 Å². The van der Waals surface area contributed by atoms with Gasteiger partial charge in [-0.3, -0.25) is 9.88 Å². The van der Waals surface area contributed by atoms with Crippen molar-refractivity contribution in [1.29, 1.82) is 0 Å². The van der Waals surface area contributed by atoms with Crippen LogP contribution in [0.3, 0.4) is 0 Å². The molecule has 130 valence electrons. The number of pyridine rings is 1. The number of rotatable bonds is 4. The van der Waals surface area contributed by atoms with Crippen molar-refractivity contribution in [2.75, 3.05) is 31.1 Å². The maximum Gasteiger partial charge on any atom is 0.163 e. The minimum Gasteiger partial charge on any atom is -0.356 e. The molecule has 0 bridgehead atoms. The lowest BCUT2D eigenvalue weighted by Crippen LogP contribution is -2.36. The van der Waals surface area contributed by atoms with Gasteiger partial charge in [-0.15, -0.1) is 6.58 Å². The number of nitrogens with zero attached hydrogens (tertiary/aromatic N) is 5. The molecular formula is C20H25N5. The highest BCUT2D eigenvalue weighted by Gasteiger charge is 2.25. The first kappa shape index (κ1) is 16.2. The van der Waals surface area contributed by atoms with Crippen LogP contribution in [-0.4, -0.2) is 46.0 Å². The maximum atomic E-state index is 5.00. The van der Waals surface area contributed by atoms with Crippen molar-refractivity contribution in [1.82, 2.24) is 19.9 Å². The van der Waals surface area contributed by atoms with Crippen LogP contribution in [0.5, 0.6) is 0 Å². The molecule has 0 atom stereocenters. The molecule has 4 heterocycles. The molecule has 0 radical (unpaired) electrons. The van der Waals surface area contributed by atoms with E-state index in [2.05, 4.69) is 21.4 Å². The summed E-state index contributed by atoms with van der Waals surface area (Å²) in [7, 11) is 0. The maximum absolute atomic E-state index is 5.00. The predicted molar refractivity (Wildman–Crippen MR) is 101 cm³/mol. The van der Waals surface area contributed by atoms with Crippen LogP contribution in [0.4, 0.5) is 5.82 Å². The van der Waals surface area contributed by atoms with Crippen molar-refractivity contribution in [3.05, 3.63) is 48.4 Å². The van der Waals surface area contributed by atoms with E-state index < -0.39 is 0 Å². The van der Waals surface area contributed by atoms with E-state index in [4.69, 9.17) is 9.97 Å². The number of hydrogen-bond acceptors (Lipinski definition) is 5. The second-order valence-corrected chi connectivity index (χ2v) is 6.86. The second-order valence-electron chi connectivity index (χ2n) is 6.86. The molecule has 25 heavy (non-hydrogen) atoms. The summed E-state index contributed by atoms with van der Waals surface area (Å²) in [5.41, 5.74) is 3.51. The molecule has 2 aliphatic heterocycles. The first-order valence-corrected chi connectivity index (χ1v) is 9.23. The summed E-state index contributed by atoms with van der Waals surface area (Å²) in [4.78, 5) is 19.0. The molecule has 2 aliphatic rings. The van der Waals surface area contributed by atoms with Gasteiger partial charge in [-0.05, 0) is 31.4 Å². The van der Waals surface area contributed by atoms with Gasteiger partial charge in [-0.2, -0.15) is 0 Å². The fourth-order valence-electron chi connectivity index (χ4n) is 3.78. The minimum atomic E-state index is 0.810. The summed E-state index contributed by atoms with van der Waals surface area (Å²) < 4.78 is 0. The summed E-state index contributed by atoms with van der Waals surface area (Å²) >= 11 is 0. The average Bonchev–Trinajstić information content (AvgIpc) is 2.69. The molecule has 5 heteroatoms. The predicted octanol–water partition coefficient (Wildman–Crippen LogP) is 3.07. The smallest absolute Gasteiger partial charge is 0.163 e. The molecule has 1 fully saturated rings. The Morgan fingerprint density at radius 3 is 2.76 bits per heavy atom. The van der Waals surface area contributed by atoms with Crippen molar-refractivity contribution in [3.8, 4) is 11.4 Å². The molecular weight excluding hydrogens is 310 g/mol. The molecule has 0 aliphatic carbocycles. The summed E-state index contributed by atoms with van der Waals surface area (Å²) in [6.45, 7) is 8.94. The highest BCUT2D eigenvalue weighted by molar-refractivity contribution is 5.60. The van der Waals surface area contributed by atoms with Crippen LogP contribution >= 0.6 is 0 Å². The van der Waals surface area contributed by atoms with E-state index in [9.17, 15) is 0 Å². The number of hydrogen-bond donors (Lipinski definition) is 0. The number of piperidine rings is 1. The van der Waals surface area contributed by atoms with Gasteiger partial charge < -0.3 is 4.90 Å². The van der Waals surface area contributed by atoms with Gasteiger partial charge in [0.05, 0.1) is 5.69 Å². The fraction of sp³-hybridized carbons (Fsp3) is 0.450. The molecule has 2 aromatic rings. The Morgan fingerprint density at radius 2 is 2.00 bits per heavy atom. The van der Waals surface area contributed by atoms with Crippen molar-refractivity contribution >= 4 is 5.82 Å². The Kier molecular flexibility index (Phi) is 4.74. The molecule has 5 nitrogen and oxygen atoms in total. The standard InChI is InChI=1S/C20H25N5/c1-2-10-24-13-8-18-17(15-24)20(25-11-4-3-5-12-25)23-19(22-18)16-7-6-9-21-14-16/h2,6-7,9,14H,1,3-5,8,10-13,15H2. The van der Waals surface area contributed by atoms with Crippen molar-refractivity contribution in [2.24, 2.45) is 0 Å². The molecule has 2 aromatic heterocycles. The highest BCUT2D eigenvalue weighted by Crippen LogP contribution is 2.30. The normalized spacial score (nSPS) is 18.0. The summed E-state index contributed by atoms with van der Waals surface area (Å²) in [5, 5.41) is 0. The monoisotopic (exact) mass is 335 g/mol. The lowest BCUT2D eigenvalue weighted by atomic mass is 10.0. The summed E-state index contributed by atoms with van der Waals surface area (Å²) in [5.74, 6) is 1.95. The third-order valence-corrected chi connectivity index (χ3v) is 5.08. The van der Waals surface area contributed by atoms with Crippen LogP contribution in [0, 0.1) is 0 Å². The van der Waals surface area contributed by atoms with E-state index in [1.165, 1.54) is 30.5 Å². The zero-order chi connectivity index (χ0) is 17.1. The number of anilines is 1. The van der Waals surface area contributed by atoms with E-state index >= 15 is 0 Å². The second kappa shape index (κ2) is 7.31. The molecule has 0 aromatic carbocycles. The molecule has 0 spiro atoms. The van der Waals surface area contributed by atoms with Crippen LogP contribution in [0.2, 0.25) is 0 Å². The zero-order valence-electron chi connectivity index (χ0n) is 14.7. The SMILES string of the molecule is C=CCN1CCc2nc(-c3cccnc3)nc(N3CCCCC3)c2C1. The molecule has 4 rings (SSSR count). The van der Waals surface area contributed by atoms with E-state index in [1.807, 2.05) is 24.4 Å². The van der Waals surface area contributed by atoms with E-state index in [0.717, 1.165) is 56.4 Å². The molecule has 0 saturated carbocycles. The number of aromatic nitrogens is 3. The molecule has 1 saturated heterocycles. The van der Waals surface area contributed by atoms with Gasteiger partial charge in [0.1, 0.15) is 5.82 Å². The Hall–Kier alpha value is -2.27. The summed E-state index contributed by atoms with van der Waals surface area (Å²) in [6.07, 6.45) is 10.4. The Morgan fingerprint density at radius 1 is 1.12 bits per heavy atom. The van der Waals surface area contributed by atoms with Gasteiger partial charge in [0, 0.05) is 62.7 Å². The van der Waals surface area contributed by atoms with Crippen LogP contribution < -0.4 is 4.90 Å². The van der Waals surface area contributed by atoms with Crippen LogP contribution in [-0.2, 0) is 13.0 Å². The lowest BCUT2D eigenvalue weighted by molar-refractivity contribution is 0.279. The third-order valence-electron chi connectivity index (χ3n) is 5.08. The van der Waals surface area contributed by atoms with E-state index in [1.54, 1.807) is 6.20 Å². The van der Waals surface area contributed by atoms with Gasteiger partial charge in [0.2, 0.25) is 0 Å². The van der Waals surface area contributed by atoms with Gasteiger partial charge in [0.15, 0.2) is 5.82 Å². The van der Waals surface area contributed by atoms with Crippen molar-refractivity contribution in [3.63, 3.8) is 0 Å². The lowest BCUT2D eigenvalue weighted by Gasteiger charge is -2.34. The highest BCUT2D eigenvalue weighted by atomic mass is 15.2. The van der Waals surface area contributed by atoms with Gasteiger partial charge in [0.25, 0.3) is 0 Å². The zero-order valence-corrected chi connectivity index (χ0v) is 14.7. The first-order valence-electron chi connectivity index (χ1n) is 9.23. The Bertz CT molecular complexity index is 737. The van der Waals surface area contributed by atoms with Gasteiger partial charge in [-0.25, -0.2) is 9.97 Å². The molecule has 0 unspecified atom stereocenters. The first-order chi connectivity index (χ1) is 12.3. The van der Waals surface area contributed by atoms with Crippen LogP contribution in [0.1, 0.15) is 30.5 Å².